The van der Waals surface area contributed by atoms with Crippen LogP contribution < -0.4 is 15.8 Å². The summed E-state index contributed by atoms with van der Waals surface area (Å²) in [5, 5.41) is 2.96. The SMILES string of the molecule is CC(C)(C)Oc1nc(NCCOCC(F)F)ccc1N. The molecule has 0 aliphatic heterocycles. The van der Waals surface area contributed by atoms with E-state index in [1.807, 2.05) is 20.8 Å². The van der Waals surface area contributed by atoms with E-state index in [9.17, 15) is 8.78 Å². The Labute approximate surface area is 117 Å². The second kappa shape index (κ2) is 7.23. The Morgan fingerprint density at radius 3 is 2.65 bits per heavy atom. The lowest BCUT2D eigenvalue weighted by Crippen LogP contribution is -2.24. The molecule has 1 heterocycles. The van der Waals surface area contributed by atoms with Gasteiger partial charge in [-0.15, -0.1) is 0 Å². The van der Waals surface area contributed by atoms with Gasteiger partial charge in [0.15, 0.2) is 0 Å². The maximum atomic E-state index is 11.9. The number of ether oxygens (including phenoxy) is 2. The Morgan fingerprint density at radius 2 is 2.05 bits per heavy atom. The summed E-state index contributed by atoms with van der Waals surface area (Å²) in [6.07, 6.45) is -2.45. The zero-order valence-electron chi connectivity index (χ0n) is 12.0. The Kier molecular flexibility index (Phi) is 5.94. The van der Waals surface area contributed by atoms with Crippen molar-refractivity contribution in [3.8, 4) is 5.88 Å². The largest absolute Gasteiger partial charge is 0.470 e. The summed E-state index contributed by atoms with van der Waals surface area (Å²) < 4.78 is 34.1. The van der Waals surface area contributed by atoms with Gasteiger partial charge < -0.3 is 20.5 Å². The summed E-state index contributed by atoms with van der Waals surface area (Å²) in [6, 6.07) is 3.37. The molecule has 5 nitrogen and oxygen atoms in total. The number of nitrogens with two attached hydrogens (primary N) is 1. The highest BCUT2D eigenvalue weighted by atomic mass is 19.3. The lowest BCUT2D eigenvalue weighted by molar-refractivity contribution is 0.0215. The number of hydrogen-bond donors (Lipinski definition) is 2. The molecule has 0 atom stereocenters. The lowest BCUT2D eigenvalue weighted by Gasteiger charge is -2.21. The molecule has 1 aromatic rings. The number of hydrogen-bond acceptors (Lipinski definition) is 5. The number of nitrogen functional groups attached to an aromatic ring is 1. The highest BCUT2D eigenvalue weighted by Gasteiger charge is 2.15. The number of anilines is 2. The van der Waals surface area contributed by atoms with Crippen molar-refractivity contribution in [3.63, 3.8) is 0 Å². The van der Waals surface area contributed by atoms with Crippen LogP contribution in [0.15, 0.2) is 12.1 Å². The molecule has 3 N–H and O–H groups in total. The minimum absolute atomic E-state index is 0.172. The van der Waals surface area contributed by atoms with Crippen molar-refractivity contribution in [1.82, 2.24) is 4.98 Å². The summed E-state index contributed by atoms with van der Waals surface area (Å²) in [4.78, 5) is 4.23. The van der Waals surface area contributed by atoms with Crippen LogP contribution in [-0.4, -0.2) is 36.8 Å². The van der Waals surface area contributed by atoms with Gasteiger partial charge in [0.2, 0.25) is 5.88 Å². The van der Waals surface area contributed by atoms with Gasteiger partial charge in [-0.1, -0.05) is 0 Å². The first-order chi connectivity index (χ1) is 9.28. The number of alkyl halides is 2. The number of rotatable bonds is 7. The molecule has 0 saturated carbocycles. The monoisotopic (exact) mass is 289 g/mol. The van der Waals surface area contributed by atoms with Gasteiger partial charge in [0, 0.05) is 6.54 Å². The predicted octanol–water partition coefficient (Wildman–Crippen LogP) is 2.53. The third kappa shape index (κ3) is 6.51. The average molecular weight is 289 g/mol. The van der Waals surface area contributed by atoms with E-state index in [0.29, 0.717) is 23.9 Å². The summed E-state index contributed by atoms with van der Waals surface area (Å²) in [6.45, 7) is 5.67. The molecular formula is C13H21F2N3O2. The summed E-state index contributed by atoms with van der Waals surface area (Å²) in [5.74, 6) is 0.898. The van der Waals surface area contributed by atoms with Crippen LogP contribution in [-0.2, 0) is 4.74 Å². The normalized spacial score (nSPS) is 11.7. The molecular weight excluding hydrogens is 268 g/mol. The Morgan fingerprint density at radius 1 is 1.35 bits per heavy atom. The van der Waals surface area contributed by atoms with Crippen LogP contribution in [0.5, 0.6) is 5.88 Å². The van der Waals surface area contributed by atoms with Gasteiger partial charge in [-0.2, -0.15) is 4.98 Å². The minimum Gasteiger partial charge on any atom is -0.470 e. The molecule has 0 aliphatic carbocycles. The summed E-state index contributed by atoms with van der Waals surface area (Å²) >= 11 is 0. The van der Waals surface area contributed by atoms with E-state index in [1.165, 1.54) is 0 Å². The van der Waals surface area contributed by atoms with Gasteiger partial charge in [0.05, 0.1) is 12.3 Å². The number of nitrogens with one attached hydrogen (secondary N) is 1. The first kappa shape index (κ1) is 16.4. The van der Waals surface area contributed by atoms with Crippen molar-refractivity contribution in [3.05, 3.63) is 12.1 Å². The summed E-state index contributed by atoms with van der Waals surface area (Å²) in [7, 11) is 0. The second-order valence-electron chi connectivity index (χ2n) is 5.20. The van der Waals surface area contributed by atoms with Crippen LogP contribution in [0.3, 0.4) is 0 Å². The molecule has 0 unspecified atom stereocenters. The zero-order chi connectivity index (χ0) is 15.2. The van der Waals surface area contributed by atoms with Crippen molar-refractivity contribution in [2.75, 3.05) is 30.8 Å². The number of pyridine rings is 1. The van der Waals surface area contributed by atoms with Gasteiger partial charge in [0.25, 0.3) is 6.43 Å². The van der Waals surface area contributed by atoms with Crippen LogP contribution in [0.1, 0.15) is 20.8 Å². The quantitative estimate of drug-likeness (QED) is 0.755. The van der Waals surface area contributed by atoms with Gasteiger partial charge >= 0.3 is 0 Å². The molecule has 0 spiro atoms. The molecule has 20 heavy (non-hydrogen) atoms. The maximum absolute atomic E-state index is 11.9. The fourth-order valence-electron chi connectivity index (χ4n) is 1.35. The topological polar surface area (TPSA) is 69.4 Å². The van der Waals surface area contributed by atoms with E-state index in [2.05, 4.69) is 10.3 Å². The van der Waals surface area contributed by atoms with Crippen molar-refractivity contribution in [2.24, 2.45) is 0 Å². The van der Waals surface area contributed by atoms with Crippen molar-refractivity contribution >= 4 is 11.5 Å². The molecule has 0 radical (unpaired) electrons. The molecule has 1 rings (SSSR count). The summed E-state index contributed by atoms with van der Waals surface area (Å²) in [5.41, 5.74) is 5.82. The molecule has 1 aromatic heterocycles. The van der Waals surface area contributed by atoms with Crippen molar-refractivity contribution in [1.29, 1.82) is 0 Å². The fourth-order valence-corrected chi connectivity index (χ4v) is 1.35. The van der Waals surface area contributed by atoms with E-state index in [-0.39, 0.29) is 6.61 Å². The molecule has 0 aliphatic rings. The lowest BCUT2D eigenvalue weighted by atomic mass is 10.2. The van der Waals surface area contributed by atoms with Gasteiger partial charge in [-0.05, 0) is 32.9 Å². The predicted molar refractivity (Wildman–Crippen MR) is 74.3 cm³/mol. The molecule has 0 amide bonds. The van der Waals surface area contributed by atoms with Crippen LogP contribution in [0.2, 0.25) is 0 Å². The third-order valence-corrected chi connectivity index (χ3v) is 2.09. The number of aromatic nitrogens is 1. The first-order valence-corrected chi connectivity index (χ1v) is 6.33. The van der Waals surface area contributed by atoms with Gasteiger partial charge in [-0.25, -0.2) is 8.78 Å². The first-order valence-electron chi connectivity index (χ1n) is 6.33. The van der Waals surface area contributed by atoms with Gasteiger partial charge in [-0.3, -0.25) is 0 Å². The minimum atomic E-state index is -2.45. The second-order valence-corrected chi connectivity index (χ2v) is 5.20. The smallest absolute Gasteiger partial charge is 0.261 e. The van der Waals surface area contributed by atoms with E-state index in [4.69, 9.17) is 15.2 Å². The number of halogens is 2. The molecule has 7 heteroatoms. The maximum Gasteiger partial charge on any atom is 0.261 e. The number of nitrogens with zero attached hydrogens (tertiary/aromatic N) is 1. The van der Waals surface area contributed by atoms with Gasteiger partial charge in [0.1, 0.15) is 18.0 Å². The molecule has 0 bridgehead atoms. The highest BCUT2D eigenvalue weighted by molar-refractivity contribution is 5.53. The van der Waals surface area contributed by atoms with Crippen LogP contribution >= 0.6 is 0 Å². The molecule has 0 saturated heterocycles. The Balaban J connectivity index is 2.49. The third-order valence-electron chi connectivity index (χ3n) is 2.09. The van der Waals surface area contributed by atoms with Crippen LogP contribution in [0.25, 0.3) is 0 Å². The molecule has 0 fully saturated rings. The van der Waals surface area contributed by atoms with Crippen molar-refractivity contribution in [2.45, 2.75) is 32.8 Å². The van der Waals surface area contributed by atoms with Crippen LogP contribution in [0, 0.1) is 0 Å². The molecule has 114 valence electrons. The highest BCUT2D eigenvalue weighted by Crippen LogP contribution is 2.24. The average Bonchev–Trinajstić information content (AvgIpc) is 2.30. The fraction of sp³-hybridized carbons (Fsp3) is 0.615. The van der Waals surface area contributed by atoms with E-state index < -0.39 is 18.6 Å². The Hall–Kier alpha value is -1.63. The van der Waals surface area contributed by atoms with Crippen LogP contribution in [0.4, 0.5) is 20.3 Å². The zero-order valence-corrected chi connectivity index (χ0v) is 12.0. The van der Waals surface area contributed by atoms with Crippen molar-refractivity contribution < 1.29 is 18.3 Å². The molecule has 0 aromatic carbocycles. The van der Waals surface area contributed by atoms with E-state index in [1.54, 1.807) is 12.1 Å². The standard InChI is InChI=1S/C13H21F2N3O2/c1-13(2,3)20-12-9(16)4-5-11(18-12)17-6-7-19-8-10(14)15/h4-5,10H,6-8,16H2,1-3H3,(H,17,18). The Bertz CT molecular complexity index is 423. The van der Waals surface area contributed by atoms with E-state index in [0.717, 1.165) is 0 Å². The van der Waals surface area contributed by atoms with E-state index >= 15 is 0 Å².